The van der Waals surface area contributed by atoms with Crippen LogP contribution in [0.5, 0.6) is 0 Å². The lowest BCUT2D eigenvalue weighted by molar-refractivity contribution is -0.0149. The Kier molecular flexibility index (Phi) is 3.12. The van der Waals surface area contributed by atoms with Gasteiger partial charge in [-0.15, -0.1) is 0 Å². The second-order valence-electron chi connectivity index (χ2n) is 2.59. The Hall–Kier alpha value is -0.120. The van der Waals surface area contributed by atoms with Gasteiger partial charge in [0.05, 0.1) is 25.4 Å². The number of rotatable bonds is 2. The molecule has 1 rings (SSSR count). The van der Waals surface area contributed by atoms with E-state index >= 15 is 0 Å². The third-order valence-electron chi connectivity index (χ3n) is 1.80. The van der Waals surface area contributed by atoms with Crippen LogP contribution in [-0.4, -0.2) is 39.0 Å². The van der Waals surface area contributed by atoms with Crippen molar-refractivity contribution in [1.82, 2.24) is 5.32 Å². The summed E-state index contributed by atoms with van der Waals surface area (Å²) in [5, 5.41) is 3.32. The molecule has 3 nitrogen and oxygen atoms in total. The minimum Gasteiger partial charge on any atom is -0.383 e. The van der Waals surface area contributed by atoms with E-state index in [-0.39, 0.29) is 6.10 Å². The second kappa shape index (κ2) is 3.91. The number of morpholine rings is 1. The zero-order valence-corrected chi connectivity index (χ0v) is 6.59. The predicted octanol–water partition coefficient (Wildman–Crippen LogP) is 0.00970. The van der Waals surface area contributed by atoms with E-state index in [1.165, 1.54) is 0 Å². The molecule has 1 N–H and O–H groups in total. The van der Waals surface area contributed by atoms with Crippen LogP contribution in [0.25, 0.3) is 0 Å². The van der Waals surface area contributed by atoms with Gasteiger partial charge in [0.25, 0.3) is 0 Å². The largest absolute Gasteiger partial charge is 0.383 e. The van der Waals surface area contributed by atoms with Crippen LogP contribution in [0.2, 0.25) is 0 Å². The van der Waals surface area contributed by atoms with Gasteiger partial charge in [-0.05, 0) is 6.92 Å². The molecule has 0 bridgehead atoms. The monoisotopic (exact) mass is 145 g/mol. The molecular weight excluding hydrogens is 130 g/mol. The van der Waals surface area contributed by atoms with Crippen molar-refractivity contribution in [3.05, 3.63) is 0 Å². The van der Waals surface area contributed by atoms with Crippen LogP contribution in [0.3, 0.4) is 0 Å². The zero-order chi connectivity index (χ0) is 7.40. The molecule has 0 aromatic heterocycles. The number of nitrogens with one attached hydrogen (secondary N) is 1. The Balaban J connectivity index is 2.25. The maximum atomic E-state index is 5.40. The maximum absolute atomic E-state index is 5.40. The summed E-state index contributed by atoms with van der Waals surface area (Å²) in [7, 11) is 1.71. The average molecular weight is 145 g/mol. The van der Waals surface area contributed by atoms with E-state index in [1.54, 1.807) is 7.11 Å². The highest BCUT2D eigenvalue weighted by atomic mass is 16.5. The third-order valence-corrected chi connectivity index (χ3v) is 1.80. The van der Waals surface area contributed by atoms with Crippen molar-refractivity contribution in [2.45, 2.75) is 19.1 Å². The molecule has 0 aromatic rings. The van der Waals surface area contributed by atoms with E-state index in [1.807, 2.05) is 0 Å². The van der Waals surface area contributed by atoms with Gasteiger partial charge in [0, 0.05) is 13.7 Å². The summed E-state index contributed by atoms with van der Waals surface area (Å²) in [6.45, 7) is 4.57. The lowest BCUT2D eigenvalue weighted by atomic mass is 10.2. The molecule has 1 fully saturated rings. The zero-order valence-electron chi connectivity index (χ0n) is 6.59. The Bertz CT molecular complexity index is 95.6. The van der Waals surface area contributed by atoms with Crippen LogP contribution in [0.1, 0.15) is 6.92 Å². The first-order chi connectivity index (χ1) is 4.84. The van der Waals surface area contributed by atoms with E-state index in [4.69, 9.17) is 9.47 Å². The van der Waals surface area contributed by atoms with E-state index in [0.29, 0.717) is 6.04 Å². The molecular formula is C7H15NO2. The summed E-state index contributed by atoms with van der Waals surface area (Å²) in [6, 6.07) is 0.374. The molecule has 1 heterocycles. The van der Waals surface area contributed by atoms with E-state index < -0.39 is 0 Å². The Morgan fingerprint density at radius 2 is 2.50 bits per heavy atom. The van der Waals surface area contributed by atoms with E-state index in [9.17, 15) is 0 Å². The summed E-state index contributed by atoms with van der Waals surface area (Å²) in [6.07, 6.45) is 0.286. The minimum absolute atomic E-state index is 0.286. The van der Waals surface area contributed by atoms with E-state index in [2.05, 4.69) is 12.2 Å². The molecule has 0 spiro atoms. The van der Waals surface area contributed by atoms with Gasteiger partial charge in [0.2, 0.25) is 0 Å². The summed E-state index contributed by atoms with van der Waals surface area (Å²) in [5.74, 6) is 0. The molecule has 60 valence electrons. The summed E-state index contributed by atoms with van der Waals surface area (Å²) in [5.41, 5.74) is 0. The predicted molar refractivity (Wildman–Crippen MR) is 39.1 cm³/mol. The summed E-state index contributed by atoms with van der Waals surface area (Å²) in [4.78, 5) is 0. The molecule has 1 saturated heterocycles. The number of methoxy groups -OCH3 is 1. The topological polar surface area (TPSA) is 30.5 Å². The van der Waals surface area contributed by atoms with Crippen molar-refractivity contribution >= 4 is 0 Å². The molecule has 0 amide bonds. The van der Waals surface area contributed by atoms with Gasteiger partial charge < -0.3 is 14.8 Å². The van der Waals surface area contributed by atoms with Gasteiger partial charge in [0.15, 0.2) is 0 Å². The molecule has 0 aliphatic carbocycles. The van der Waals surface area contributed by atoms with Gasteiger partial charge in [-0.2, -0.15) is 0 Å². The fourth-order valence-electron chi connectivity index (χ4n) is 1.15. The van der Waals surface area contributed by atoms with E-state index in [0.717, 1.165) is 19.8 Å². The highest BCUT2D eigenvalue weighted by Crippen LogP contribution is 2.03. The van der Waals surface area contributed by atoms with Crippen LogP contribution >= 0.6 is 0 Å². The molecule has 0 radical (unpaired) electrons. The van der Waals surface area contributed by atoms with Crippen LogP contribution in [0, 0.1) is 0 Å². The molecule has 0 aromatic carbocycles. The standard InChI is InChI=1S/C7H15NO2/c1-6-7(5-9-2)8-3-4-10-6/h6-8H,3-5H2,1-2H3/t6-,7-/m1/s1. The van der Waals surface area contributed by atoms with Crippen LogP contribution in [0.15, 0.2) is 0 Å². The van der Waals surface area contributed by atoms with Gasteiger partial charge in [0.1, 0.15) is 0 Å². The molecule has 3 heteroatoms. The van der Waals surface area contributed by atoms with Crippen LogP contribution in [0.4, 0.5) is 0 Å². The Morgan fingerprint density at radius 1 is 1.70 bits per heavy atom. The first kappa shape index (κ1) is 7.98. The van der Waals surface area contributed by atoms with Crippen LogP contribution < -0.4 is 5.32 Å². The number of ether oxygens (including phenoxy) is 2. The maximum Gasteiger partial charge on any atom is 0.0723 e. The van der Waals surface area contributed by atoms with Gasteiger partial charge in [-0.25, -0.2) is 0 Å². The summed E-state index contributed by atoms with van der Waals surface area (Å²) >= 11 is 0. The lowest BCUT2D eigenvalue weighted by Crippen LogP contribution is -2.49. The second-order valence-corrected chi connectivity index (χ2v) is 2.59. The minimum atomic E-state index is 0.286. The molecule has 0 saturated carbocycles. The SMILES string of the molecule is COC[C@H]1NCCO[C@@H]1C. The third kappa shape index (κ3) is 1.94. The molecule has 2 atom stereocenters. The molecule has 1 aliphatic heterocycles. The highest BCUT2D eigenvalue weighted by molar-refractivity contribution is 4.76. The fourth-order valence-corrected chi connectivity index (χ4v) is 1.15. The Morgan fingerprint density at radius 3 is 3.10 bits per heavy atom. The smallest absolute Gasteiger partial charge is 0.0723 e. The van der Waals surface area contributed by atoms with Gasteiger partial charge >= 0.3 is 0 Å². The quantitative estimate of drug-likeness (QED) is 0.593. The normalized spacial score (nSPS) is 34.2. The molecule has 1 aliphatic rings. The first-order valence-corrected chi connectivity index (χ1v) is 3.68. The average Bonchev–Trinajstić information content (AvgIpc) is 1.94. The molecule has 10 heavy (non-hydrogen) atoms. The number of hydrogen-bond acceptors (Lipinski definition) is 3. The van der Waals surface area contributed by atoms with Crippen molar-refractivity contribution in [2.75, 3.05) is 26.9 Å². The first-order valence-electron chi connectivity index (χ1n) is 3.68. The van der Waals surface area contributed by atoms with Crippen molar-refractivity contribution in [1.29, 1.82) is 0 Å². The lowest BCUT2D eigenvalue weighted by Gasteiger charge is -2.29. The Labute approximate surface area is 61.7 Å². The number of hydrogen-bond donors (Lipinski definition) is 1. The van der Waals surface area contributed by atoms with Crippen molar-refractivity contribution in [3.63, 3.8) is 0 Å². The summed E-state index contributed by atoms with van der Waals surface area (Å²) < 4.78 is 10.4. The van der Waals surface area contributed by atoms with Crippen LogP contribution in [-0.2, 0) is 9.47 Å². The molecule has 0 unspecified atom stereocenters. The van der Waals surface area contributed by atoms with Gasteiger partial charge in [-0.1, -0.05) is 0 Å². The highest BCUT2D eigenvalue weighted by Gasteiger charge is 2.20. The van der Waals surface area contributed by atoms with Crippen molar-refractivity contribution in [3.8, 4) is 0 Å². The fraction of sp³-hybridized carbons (Fsp3) is 1.00. The van der Waals surface area contributed by atoms with Crippen molar-refractivity contribution in [2.24, 2.45) is 0 Å². The van der Waals surface area contributed by atoms with Gasteiger partial charge in [-0.3, -0.25) is 0 Å². The van der Waals surface area contributed by atoms with Crippen molar-refractivity contribution < 1.29 is 9.47 Å².